The molecule has 3 aromatic heterocycles. The Hall–Kier alpha value is -15.2. The number of Topliss-reactive ketones (excluding diaryl/α,β-unsaturated/α-hetero) is 4. The van der Waals surface area contributed by atoms with Gasteiger partial charge in [0.2, 0.25) is 23.6 Å². The lowest BCUT2D eigenvalue weighted by Gasteiger charge is -2.17. The molecule has 0 saturated carbocycles. The second-order valence-electron chi connectivity index (χ2n) is 32.8. The number of halogens is 5. The zero-order valence-corrected chi connectivity index (χ0v) is 80.5. The first-order chi connectivity index (χ1) is 67.2. The van der Waals surface area contributed by atoms with E-state index in [1.807, 2.05) is 241 Å². The lowest BCUT2D eigenvalue weighted by molar-refractivity contribution is -0.125. The van der Waals surface area contributed by atoms with Crippen LogP contribution in [-0.2, 0) is 96.3 Å². The second-order valence-corrected chi connectivity index (χ2v) is 35.0. The highest BCUT2D eigenvalue weighted by atomic mass is 35.5. The molecule has 0 aliphatic heterocycles. The maximum Gasteiger partial charge on any atom is 0.244 e. The monoisotopic (exact) mass is 1950 g/mol. The van der Waals surface area contributed by atoms with Gasteiger partial charge >= 0.3 is 0 Å². The van der Waals surface area contributed by atoms with Gasteiger partial charge in [-0.2, -0.15) is 14.0 Å². The van der Waals surface area contributed by atoms with E-state index >= 15 is 0 Å². The summed E-state index contributed by atoms with van der Waals surface area (Å²) in [5, 5.41) is 47.8. The summed E-state index contributed by atoms with van der Waals surface area (Å²) < 4.78 is 4.44. The average Bonchev–Trinajstić information content (AvgIpc) is 1.76. The quantitative estimate of drug-likeness (QED) is 0.0228. The van der Waals surface area contributed by atoms with Crippen LogP contribution in [0.5, 0.6) is 0 Å². The Labute approximate surface area is 830 Å². The molecule has 6 N–H and O–H groups in total. The van der Waals surface area contributed by atoms with Gasteiger partial charge in [0.05, 0.1) is 41.2 Å². The van der Waals surface area contributed by atoms with Gasteiger partial charge in [-0.3, -0.25) is 38.4 Å². The number of benzene rings is 12. The van der Waals surface area contributed by atoms with E-state index in [0.717, 1.165) is 77.9 Å². The van der Waals surface area contributed by atoms with Crippen LogP contribution >= 0.6 is 58.0 Å². The molecular weight excluding hydrogens is 1850 g/mol. The van der Waals surface area contributed by atoms with Crippen molar-refractivity contribution in [1.82, 2.24) is 81.9 Å². The van der Waals surface area contributed by atoms with Gasteiger partial charge in [-0.15, -0.1) is 15.3 Å². The van der Waals surface area contributed by atoms with Crippen molar-refractivity contribution in [3.05, 3.63) is 448 Å². The number of rotatable bonds is 36. The molecule has 704 valence electrons. The van der Waals surface area contributed by atoms with Crippen LogP contribution in [0.4, 0.5) is 0 Å². The van der Waals surface area contributed by atoms with Crippen molar-refractivity contribution >= 4 is 129 Å². The predicted molar refractivity (Wildman–Crippen MR) is 546 cm³/mol. The van der Waals surface area contributed by atoms with Crippen molar-refractivity contribution in [2.24, 2.45) is 5.73 Å². The summed E-state index contributed by atoms with van der Waals surface area (Å²) in [7, 11) is 0. The van der Waals surface area contributed by atoms with E-state index in [4.69, 9.17) is 63.7 Å². The molecule has 15 rings (SSSR count). The summed E-state index contributed by atoms with van der Waals surface area (Å²) in [5.41, 5.74) is 24.3. The highest BCUT2D eigenvalue weighted by molar-refractivity contribution is 6.32. The first-order valence-electron chi connectivity index (χ1n) is 44.4. The first-order valence-corrected chi connectivity index (χ1v) is 46.3. The fourth-order valence-electron chi connectivity index (χ4n) is 14.6. The molecule has 30 heteroatoms. The predicted octanol–water partition coefficient (Wildman–Crippen LogP) is 18.2. The van der Waals surface area contributed by atoms with Gasteiger partial charge in [0, 0.05) is 98.3 Å². The molecule has 12 aromatic carbocycles. The van der Waals surface area contributed by atoms with Gasteiger partial charge in [0.1, 0.15) is 19.0 Å². The van der Waals surface area contributed by atoms with E-state index in [1.54, 1.807) is 97.1 Å². The Kier molecular flexibility index (Phi) is 38.6. The zero-order chi connectivity index (χ0) is 98.5. The Bertz CT molecular complexity index is 6600. The van der Waals surface area contributed by atoms with Crippen molar-refractivity contribution in [3.8, 4) is 17.1 Å². The third-order valence-corrected chi connectivity index (χ3v) is 23.6. The van der Waals surface area contributed by atoms with Crippen LogP contribution in [0.3, 0.4) is 0 Å². The largest absolute Gasteiger partial charge is 0.342 e. The summed E-state index contributed by atoms with van der Waals surface area (Å²) in [6.07, 6.45) is 19.0. The van der Waals surface area contributed by atoms with Crippen molar-refractivity contribution in [2.75, 3.05) is 0 Å². The molecule has 0 bridgehead atoms. The minimum atomic E-state index is -0.719. The van der Waals surface area contributed by atoms with Crippen molar-refractivity contribution in [1.29, 1.82) is 0 Å². The number of hydrogen-bond acceptors (Lipinski definition) is 18. The number of tetrazole rings is 3. The topological polar surface area (TPSA) is 341 Å². The summed E-state index contributed by atoms with van der Waals surface area (Å²) >= 11 is 30.8. The lowest BCUT2D eigenvalue weighted by Crippen LogP contribution is -2.42. The van der Waals surface area contributed by atoms with Gasteiger partial charge in [0.15, 0.2) is 23.1 Å². The Morgan fingerprint density at radius 3 is 0.878 bits per heavy atom. The number of nitrogens with zero attached hydrogens (tertiary/aromatic N) is 12. The van der Waals surface area contributed by atoms with Crippen LogP contribution in [0, 0.1) is 34.6 Å². The minimum Gasteiger partial charge on any atom is -0.342 e. The average molecular weight is 1950 g/mol. The van der Waals surface area contributed by atoms with Crippen LogP contribution in [0.1, 0.15) is 100 Å². The van der Waals surface area contributed by atoms with Gasteiger partial charge in [0.25, 0.3) is 0 Å². The number of ketones is 4. The van der Waals surface area contributed by atoms with E-state index in [1.165, 1.54) is 62.9 Å². The van der Waals surface area contributed by atoms with Crippen LogP contribution in [0.2, 0.25) is 25.1 Å². The fraction of sp³-hybridized carbons (Fsp3) is 0.165. The third-order valence-electron chi connectivity index (χ3n) is 22.3. The van der Waals surface area contributed by atoms with E-state index in [9.17, 15) is 38.4 Å². The molecule has 0 unspecified atom stereocenters. The summed E-state index contributed by atoms with van der Waals surface area (Å²) in [6, 6.07) is 84.0. The smallest absolute Gasteiger partial charge is 0.244 e. The number of nitrogens with two attached hydrogens (primary N) is 1. The van der Waals surface area contributed by atoms with E-state index in [0.29, 0.717) is 91.1 Å². The number of carbonyl (C=O) groups is 8. The summed E-state index contributed by atoms with van der Waals surface area (Å²) in [6.45, 7) is 10.3. The SMILES string of the molecule is Cc1ccc(CC(=O)[C@H](Cc2ccccc2)NC(=O)/C=C/c2cc(Cl)ccc2-n2cnnn2)cc1.Cc1ccc(CC(=O)[C@H](Cc2ccccc2)NC(=O)/C=C/c2cc(Cl)ccc2-n2cnnn2)cc1C.Cc1ccc(CC(=O)[C@H](Cc2ccccc2)NC(=O)/C=C/c2cc(Cl)ccc2-n2cnnn2)cc1Cl.Cc1ccc(CC(=O)[C@H](Cc2ccccc2)NC(=O)/C=C/c2cc(Cl)ccc2CN)cc1. The van der Waals surface area contributed by atoms with Crippen LogP contribution in [0.25, 0.3) is 41.4 Å². The molecule has 0 spiro atoms. The number of aryl methyl sites for hydroxylation is 5. The number of hydrogen-bond donors (Lipinski definition) is 5. The van der Waals surface area contributed by atoms with Crippen LogP contribution in [0.15, 0.2) is 322 Å². The van der Waals surface area contributed by atoms with E-state index in [2.05, 4.69) is 67.8 Å². The third kappa shape index (κ3) is 32.8. The highest BCUT2D eigenvalue weighted by Gasteiger charge is 2.27. The molecule has 3 heterocycles. The molecule has 0 saturated heterocycles. The molecule has 0 aliphatic rings. The van der Waals surface area contributed by atoms with Gasteiger partial charge in [-0.25, -0.2) is 0 Å². The van der Waals surface area contributed by atoms with E-state index in [-0.39, 0.29) is 66.5 Å². The first kappa shape index (κ1) is 103. The molecule has 4 amide bonds. The molecule has 0 fully saturated rings. The molecule has 4 atom stereocenters. The molecule has 139 heavy (non-hydrogen) atoms. The van der Waals surface area contributed by atoms with Crippen molar-refractivity contribution in [2.45, 2.75) is 117 Å². The minimum absolute atomic E-state index is 0.0372. The molecule has 0 aliphatic carbocycles. The maximum absolute atomic E-state index is 13.3. The van der Waals surface area contributed by atoms with Gasteiger partial charge in [-0.1, -0.05) is 275 Å². The maximum atomic E-state index is 13.3. The van der Waals surface area contributed by atoms with Gasteiger partial charge in [-0.05, 0) is 261 Å². The number of amides is 4. The summed E-state index contributed by atoms with van der Waals surface area (Å²) in [4.78, 5) is 104. The molecule has 25 nitrogen and oxygen atoms in total. The van der Waals surface area contributed by atoms with Crippen molar-refractivity contribution in [3.63, 3.8) is 0 Å². The number of nitrogens with one attached hydrogen (secondary N) is 4. The number of carbonyl (C=O) groups excluding carboxylic acids is 8. The lowest BCUT2D eigenvalue weighted by atomic mass is 9.96. The standard InChI is InChI=1S/C28H26ClN5O2.C27H23Cl2N5O2.C27H24ClN5O2.C27H27ClN2O2/c1-19-8-9-22(14-20(19)2)16-27(35)25(15-21-6-4-3-5-7-21)31-28(36)13-10-23-17-24(29)11-12-26(23)34-18-30-32-33-34;1-18-7-8-20(13-23(18)29)15-26(35)24(14-19-5-3-2-4-6-19)31-27(36)12-9-21-16-22(28)10-11-25(21)34-17-30-32-33-34;1-19-7-9-21(10-8-19)16-26(34)24(15-20-5-3-2-4-6-20)30-27(35)14-11-22-17-23(28)12-13-25(22)33-18-29-31-32-33;1-19-7-9-21(10-8-19)16-26(31)25(15-20-5-3-2-4-6-20)30-27(32)14-12-22-17-24(28)13-11-23(22)18-29/h3-14,17-18,25H,15-16H2,1-2H3,(H,31,36);2-13,16-17,24H,14-15H2,1H3,(H,31,36);2-14,17-18,24H,15-16H2,1H3,(H,30,35);2-14,17,25H,15-16,18,29H2,1H3,(H,30,32)/b13-10+;12-9+;14-11+;14-12+/t25-;2*24-;25-/m0000/s1. The highest BCUT2D eigenvalue weighted by Crippen LogP contribution is 2.27. The second kappa shape index (κ2) is 52.2. The molecule has 0 radical (unpaired) electrons. The normalized spacial score (nSPS) is 12.0. The number of aromatic nitrogens is 12. The van der Waals surface area contributed by atoms with Gasteiger partial charge < -0.3 is 27.0 Å². The van der Waals surface area contributed by atoms with Crippen molar-refractivity contribution < 1.29 is 38.4 Å². The Balaban J connectivity index is 0.000000166. The fourth-order valence-corrected chi connectivity index (χ4v) is 15.5. The Morgan fingerprint density at radius 2 is 0.583 bits per heavy atom. The van der Waals surface area contributed by atoms with E-state index < -0.39 is 30.1 Å². The van der Waals surface area contributed by atoms with Crippen LogP contribution in [-0.4, -0.2) is 132 Å². The molecular formula is C109H100Cl5N17O8. The van der Waals surface area contributed by atoms with Crippen LogP contribution < -0.4 is 27.0 Å². The molecule has 15 aromatic rings. The zero-order valence-electron chi connectivity index (χ0n) is 76.7. The summed E-state index contributed by atoms with van der Waals surface area (Å²) in [5.74, 6) is -1.78. The Morgan fingerprint density at radius 1 is 0.302 bits per heavy atom.